The first-order valence-electron chi connectivity index (χ1n) is 10.3. The third-order valence-electron chi connectivity index (χ3n) is 7.07. The Morgan fingerprint density at radius 2 is 2.11 bits per heavy atom. The van der Waals surface area contributed by atoms with E-state index in [9.17, 15) is 15.2 Å². The molecule has 0 amide bonds. The Morgan fingerprint density at radius 3 is 2.79 bits per heavy atom. The molecule has 2 unspecified atom stereocenters. The first kappa shape index (κ1) is 18.2. The fourth-order valence-electron chi connectivity index (χ4n) is 6.39. The molecule has 2 heterocycles. The van der Waals surface area contributed by atoms with Crippen molar-refractivity contribution in [1.29, 1.82) is 0 Å². The Kier molecular flexibility index (Phi) is 4.45. The number of rotatable bonds is 6. The fraction of sp³-hybridized carbons (Fsp3) is 0.600. The Bertz CT molecular complexity index is 898. The van der Waals surface area contributed by atoms with Gasteiger partial charge >= 0.3 is 7.48 Å². The summed E-state index contributed by atoms with van der Waals surface area (Å²) in [6, 6.07) is 1.99. The van der Waals surface area contributed by atoms with Crippen LogP contribution >= 0.6 is 0 Å². The van der Waals surface area contributed by atoms with E-state index in [0.29, 0.717) is 24.3 Å². The summed E-state index contributed by atoms with van der Waals surface area (Å²) < 4.78 is 0. The van der Waals surface area contributed by atoms with Gasteiger partial charge in [-0.3, -0.25) is 0 Å². The third kappa shape index (κ3) is 2.86. The highest BCUT2D eigenvalue weighted by Crippen LogP contribution is 2.59. The smallest absolute Gasteiger partial charge is 0.307 e. The monoisotopic (exact) mass is 382 g/mol. The lowest BCUT2D eigenvalue weighted by Crippen LogP contribution is -2.57. The highest BCUT2D eigenvalue weighted by Gasteiger charge is 2.56. The van der Waals surface area contributed by atoms with E-state index in [1.807, 2.05) is 12.3 Å². The lowest BCUT2D eigenvalue weighted by Gasteiger charge is -2.58. The number of aliphatic hydroxyl groups excluding tert-OH is 1. The quantitative estimate of drug-likeness (QED) is 0.209. The molecule has 2 aromatic rings. The predicted molar refractivity (Wildman–Crippen MR) is 109 cm³/mol. The van der Waals surface area contributed by atoms with Crippen molar-refractivity contribution in [3.8, 4) is 0 Å². The number of hydrogen-bond acceptors (Lipinski definition) is 6. The number of aromatic nitrogens is 2. The van der Waals surface area contributed by atoms with Gasteiger partial charge in [-0.15, -0.1) is 0 Å². The van der Waals surface area contributed by atoms with Crippen molar-refractivity contribution in [2.45, 2.75) is 37.7 Å². The van der Waals surface area contributed by atoms with Crippen LogP contribution < -0.4 is 10.9 Å². The number of pyridine rings is 1. The largest absolute Gasteiger partial charge is 0.449 e. The van der Waals surface area contributed by atoms with Crippen LogP contribution in [0.1, 0.15) is 37.7 Å². The summed E-state index contributed by atoms with van der Waals surface area (Å²) >= 11 is 0. The van der Waals surface area contributed by atoms with Gasteiger partial charge in [-0.1, -0.05) is 0 Å². The van der Waals surface area contributed by atoms with Crippen molar-refractivity contribution in [1.82, 2.24) is 15.4 Å². The molecule has 8 heteroatoms. The van der Waals surface area contributed by atoms with Crippen LogP contribution in [-0.2, 0) is 0 Å². The van der Waals surface area contributed by atoms with E-state index in [1.54, 1.807) is 6.20 Å². The SMILES string of the molecule is OBc1cnc2[nH]ccc2c1/C(=N\NCCO)C1C2CC3CC1CC(O)(C3)C2. The molecule has 4 bridgehead atoms. The number of hydrazone groups is 1. The van der Waals surface area contributed by atoms with E-state index < -0.39 is 5.60 Å². The van der Waals surface area contributed by atoms with Crippen LogP contribution in [0.2, 0.25) is 0 Å². The minimum Gasteiger partial charge on any atom is -0.449 e. The van der Waals surface area contributed by atoms with E-state index in [2.05, 4.69) is 15.4 Å². The molecule has 7 nitrogen and oxygen atoms in total. The molecule has 0 aliphatic heterocycles. The summed E-state index contributed by atoms with van der Waals surface area (Å²) in [4.78, 5) is 7.59. The standard InChI is InChI=1S/C20H27BN4O3/c26-4-3-24-25-18(17-14-1-2-22-19(14)23-10-15(17)21-28)16-12-5-11-6-13(16)9-20(27,7-11)8-12/h1-2,10-13,16,21,24,26-28H,3-9H2,(H,22,23)/b25-18-. The molecule has 4 fully saturated rings. The predicted octanol–water partition coefficient (Wildman–Crippen LogP) is 0.00520. The van der Waals surface area contributed by atoms with E-state index in [4.69, 9.17) is 5.10 Å². The Hall–Kier alpha value is -1.90. The Morgan fingerprint density at radius 1 is 1.32 bits per heavy atom. The van der Waals surface area contributed by atoms with Gasteiger partial charge in [0.25, 0.3) is 0 Å². The number of fused-ring (bicyclic) bond motifs is 1. The molecule has 0 aromatic carbocycles. The maximum absolute atomic E-state index is 11.0. The second kappa shape index (κ2) is 6.86. The van der Waals surface area contributed by atoms with Crippen molar-refractivity contribution < 1.29 is 15.2 Å². The third-order valence-corrected chi connectivity index (χ3v) is 7.07. The molecule has 0 saturated heterocycles. The lowest BCUT2D eigenvalue weighted by atomic mass is 9.49. The topological polar surface area (TPSA) is 114 Å². The van der Waals surface area contributed by atoms with Gasteiger partial charge in [-0.05, 0) is 61.4 Å². The summed E-state index contributed by atoms with van der Waals surface area (Å²) in [6.07, 6.45) is 8.47. The van der Waals surface area contributed by atoms with Crippen molar-refractivity contribution >= 4 is 29.7 Å². The van der Waals surface area contributed by atoms with Gasteiger partial charge in [0.15, 0.2) is 0 Å². The fourth-order valence-corrected chi connectivity index (χ4v) is 6.39. The summed E-state index contributed by atoms with van der Waals surface area (Å²) in [5, 5.41) is 35.9. The van der Waals surface area contributed by atoms with Gasteiger partial charge in [0.05, 0.1) is 24.5 Å². The van der Waals surface area contributed by atoms with E-state index in [1.165, 1.54) is 0 Å². The molecular weight excluding hydrogens is 355 g/mol. The van der Waals surface area contributed by atoms with Crippen LogP contribution in [0, 0.1) is 23.7 Å². The first-order valence-corrected chi connectivity index (χ1v) is 10.3. The number of nitrogens with zero attached hydrogens (tertiary/aromatic N) is 2. The highest BCUT2D eigenvalue weighted by molar-refractivity contribution is 6.49. The molecular formula is C20H27BN4O3. The Labute approximate surface area is 164 Å². The molecule has 2 aromatic heterocycles. The molecule has 5 N–H and O–H groups in total. The number of aromatic amines is 1. The van der Waals surface area contributed by atoms with E-state index in [-0.39, 0.29) is 20.0 Å². The number of nitrogens with one attached hydrogen (secondary N) is 2. The minimum atomic E-state index is -0.502. The molecule has 0 spiro atoms. The molecule has 2 atom stereocenters. The second-order valence-corrected chi connectivity index (χ2v) is 8.91. The highest BCUT2D eigenvalue weighted by atomic mass is 16.3. The van der Waals surface area contributed by atoms with Crippen LogP contribution in [0.4, 0.5) is 0 Å². The number of hydrogen-bond donors (Lipinski definition) is 5. The lowest BCUT2D eigenvalue weighted by molar-refractivity contribution is -0.137. The average Bonchev–Trinajstić information content (AvgIpc) is 3.13. The van der Waals surface area contributed by atoms with Gasteiger partial charge in [0.2, 0.25) is 0 Å². The van der Waals surface area contributed by atoms with Gasteiger partial charge in [0, 0.05) is 29.3 Å². The molecule has 148 valence electrons. The van der Waals surface area contributed by atoms with E-state index >= 15 is 0 Å². The van der Waals surface area contributed by atoms with Crippen molar-refractivity contribution in [2.75, 3.05) is 13.2 Å². The molecule has 4 saturated carbocycles. The second-order valence-electron chi connectivity index (χ2n) is 8.91. The molecule has 6 rings (SSSR count). The Balaban J connectivity index is 1.63. The summed E-state index contributed by atoms with van der Waals surface area (Å²) in [5.74, 6) is 1.67. The maximum atomic E-state index is 11.0. The number of aliphatic hydroxyl groups is 2. The zero-order chi connectivity index (χ0) is 19.3. The van der Waals surface area contributed by atoms with Crippen molar-refractivity contribution in [3.63, 3.8) is 0 Å². The van der Waals surface area contributed by atoms with Gasteiger partial charge in [-0.2, -0.15) is 5.10 Å². The first-order chi connectivity index (χ1) is 13.6. The van der Waals surface area contributed by atoms with Crippen LogP contribution in [-0.4, -0.2) is 57.2 Å². The van der Waals surface area contributed by atoms with Crippen molar-refractivity contribution in [2.24, 2.45) is 28.8 Å². The summed E-state index contributed by atoms with van der Waals surface area (Å²) in [7, 11) is -0.100. The van der Waals surface area contributed by atoms with Crippen LogP contribution in [0.15, 0.2) is 23.6 Å². The molecule has 28 heavy (non-hydrogen) atoms. The van der Waals surface area contributed by atoms with Gasteiger partial charge in [-0.25, -0.2) is 4.98 Å². The molecule has 4 aliphatic carbocycles. The normalized spacial score (nSPS) is 34.2. The number of H-pyrrole nitrogens is 1. The summed E-state index contributed by atoms with van der Waals surface area (Å²) in [6.45, 7) is 0.396. The van der Waals surface area contributed by atoms with Crippen LogP contribution in [0.25, 0.3) is 11.0 Å². The van der Waals surface area contributed by atoms with Crippen LogP contribution in [0.5, 0.6) is 0 Å². The van der Waals surface area contributed by atoms with Crippen molar-refractivity contribution in [3.05, 3.63) is 24.0 Å². The van der Waals surface area contributed by atoms with E-state index in [0.717, 1.165) is 59.9 Å². The summed E-state index contributed by atoms with van der Waals surface area (Å²) in [5.41, 5.74) is 5.97. The minimum absolute atomic E-state index is 0.0128. The van der Waals surface area contributed by atoms with Crippen LogP contribution in [0.3, 0.4) is 0 Å². The molecule has 4 aliphatic rings. The van der Waals surface area contributed by atoms with Gasteiger partial charge < -0.3 is 25.6 Å². The zero-order valence-electron chi connectivity index (χ0n) is 15.9. The van der Waals surface area contributed by atoms with Gasteiger partial charge in [0.1, 0.15) is 5.65 Å². The molecule has 0 radical (unpaired) electrons. The zero-order valence-corrected chi connectivity index (χ0v) is 15.9. The average molecular weight is 382 g/mol. The maximum Gasteiger partial charge on any atom is 0.307 e.